The Hall–Kier alpha value is -2.22. The summed E-state index contributed by atoms with van der Waals surface area (Å²) in [4.78, 5) is 12.2. The average Bonchev–Trinajstić information content (AvgIpc) is 2.92. The molecule has 2 rings (SSSR count). The quantitative estimate of drug-likeness (QED) is 0.781. The van der Waals surface area contributed by atoms with Crippen LogP contribution in [-0.4, -0.2) is 40.6 Å². The molecule has 23 heavy (non-hydrogen) atoms. The van der Waals surface area contributed by atoms with Gasteiger partial charge >= 0.3 is 0 Å². The van der Waals surface area contributed by atoms with E-state index in [9.17, 15) is 4.79 Å². The maximum atomic E-state index is 12.2. The van der Waals surface area contributed by atoms with Crippen LogP contribution >= 0.6 is 11.8 Å². The van der Waals surface area contributed by atoms with Crippen molar-refractivity contribution in [2.75, 3.05) is 25.3 Å². The number of ether oxygens (including phenoxy) is 2. The molecular weight excluding hydrogens is 316 g/mol. The molecule has 1 aromatic carbocycles. The standard InChI is InChI=1S/C15H20N4O3S/c1-5-13-17-18-15(19(13)2)23-9-14(20)16-11-8-10(21-3)6-7-12(11)22-4/h6-8H,5,9H2,1-4H3,(H,16,20). The lowest BCUT2D eigenvalue weighted by molar-refractivity contribution is -0.113. The number of nitrogens with one attached hydrogen (secondary N) is 1. The summed E-state index contributed by atoms with van der Waals surface area (Å²) < 4.78 is 12.3. The fourth-order valence-electron chi connectivity index (χ4n) is 2.01. The van der Waals surface area contributed by atoms with Crippen LogP contribution in [0.25, 0.3) is 0 Å². The molecule has 0 aliphatic carbocycles. The number of amides is 1. The molecule has 0 saturated heterocycles. The van der Waals surface area contributed by atoms with Crippen LogP contribution in [0.1, 0.15) is 12.7 Å². The Bertz CT molecular complexity index is 687. The summed E-state index contributed by atoms with van der Waals surface area (Å²) >= 11 is 1.34. The highest BCUT2D eigenvalue weighted by Gasteiger charge is 2.12. The van der Waals surface area contributed by atoms with Gasteiger partial charge in [0.1, 0.15) is 17.3 Å². The van der Waals surface area contributed by atoms with Crippen molar-refractivity contribution in [1.82, 2.24) is 14.8 Å². The molecular formula is C15H20N4O3S. The van der Waals surface area contributed by atoms with E-state index in [1.807, 2.05) is 18.5 Å². The molecule has 0 spiro atoms. The minimum absolute atomic E-state index is 0.150. The molecule has 0 saturated carbocycles. The van der Waals surface area contributed by atoms with E-state index < -0.39 is 0 Å². The molecule has 0 aliphatic rings. The number of aromatic nitrogens is 3. The van der Waals surface area contributed by atoms with E-state index in [0.29, 0.717) is 17.2 Å². The molecule has 1 heterocycles. The van der Waals surface area contributed by atoms with Crippen LogP contribution in [0.3, 0.4) is 0 Å². The van der Waals surface area contributed by atoms with Crippen molar-refractivity contribution in [3.8, 4) is 11.5 Å². The number of carbonyl (C=O) groups excluding carboxylic acids is 1. The van der Waals surface area contributed by atoms with E-state index in [2.05, 4.69) is 15.5 Å². The van der Waals surface area contributed by atoms with Crippen molar-refractivity contribution in [2.45, 2.75) is 18.5 Å². The van der Waals surface area contributed by atoms with E-state index in [4.69, 9.17) is 9.47 Å². The van der Waals surface area contributed by atoms with Crippen molar-refractivity contribution in [3.63, 3.8) is 0 Å². The second-order valence-corrected chi connectivity index (χ2v) is 5.66. The summed E-state index contributed by atoms with van der Waals surface area (Å²) in [5, 5.41) is 11.7. The third-order valence-electron chi connectivity index (χ3n) is 3.25. The number of methoxy groups -OCH3 is 2. The second-order valence-electron chi connectivity index (χ2n) is 4.71. The Kier molecular flexibility index (Phi) is 5.86. The molecule has 0 aliphatic heterocycles. The van der Waals surface area contributed by atoms with Gasteiger partial charge in [-0.3, -0.25) is 4.79 Å². The van der Waals surface area contributed by atoms with Crippen molar-refractivity contribution < 1.29 is 14.3 Å². The van der Waals surface area contributed by atoms with Crippen LogP contribution in [0.15, 0.2) is 23.4 Å². The summed E-state index contributed by atoms with van der Waals surface area (Å²) in [6.45, 7) is 2.01. The molecule has 1 aromatic heterocycles. The topological polar surface area (TPSA) is 78.3 Å². The summed E-state index contributed by atoms with van der Waals surface area (Å²) in [5.74, 6) is 2.20. The van der Waals surface area contributed by atoms with Gasteiger partial charge in [0, 0.05) is 19.5 Å². The zero-order chi connectivity index (χ0) is 16.8. The maximum Gasteiger partial charge on any atom is 0.234 e. The molecule has 0 fully saturated rings. The molecule has 124 valence electrons. The smallest absolute Gasteiger partial charge is 0.234 e. The summed E-state index contributed by atoms with van der Waals surface area (Å²) in [7, 11) is 5.02. The van der Waals surface area contributed by atoms with E-state index >= 15 is 0 Å². The van der Waals surface area contributed by atoms with Crippen LogP contribution < -0.4 is 14.8 Å². The minimum atomic E-state index is -0.150. The van der Waals surface area contributed by atoms with Gasteiger partial charge < -0.3 is 19.4 Å². The Morgan fingerprint density at radius 3 is 2.70 bits per heavy atom. The number of benzene rings is 1. The molecule has 0 atom stereocenters. The SMILES string of the molecule is CCc1nnc(SCC(=O)Nc2cc(OC)ccc2OC)n1C. The van der Waals surface area contributed by atoms with Crippen LogP contribution in [0, 0.1) is 0 Å². The molecule has 0 bridgehead atoms. The van der Waals surface area contributed by atoms with Gasteiger partial charge in [-0.25, -0.2) is 0 Å². The highest BCUT2D eigenvalue weighted by atomic mass is 32.2. The van der Waals surface area contributed by atoms with Gasteiger partial charge in [-0.15, -0.1) is 10.2 Å². The molecule has 2 aromatic rings. The third kappa shape index (κ3) is 4.16. The van der Waals surface area contributed by atoms with Crippen molar-refractivity contribution in [3.05, 3.63) is 24.0 Å². The van der Waals surface area contributed by atoms with Crippen molar-refractivity contribution >= 4 is 23.4 Å². The Morgan fingerprint density at radius 2 is 2.09 bits per heavy atom. The largest absolute Gasteiger partial charge is 0.497 e. The van der Waals surface area contributed by atoms with E-state index in [0.717, 1.165) is 17.4 Å². The number of carbonyl (C=O) groups is 1. The number of thioether (sulfide) groups is 1. The number of hydrogen-bond donors (Lipinski definition) is 1. The first-order chi connectivity index (χ1) is 11.1. The highest BCUT2D eigenvalue weighted by molar-refractivity contribution is 7.99. The molecule has 0 radical (unpaired) electrons. The summed E-state index contributed by atoms with van der Waals surface area (Å²) in [6, 6.07) is 5.24. The van der Waals surface area contributed by atoms with Crippen molar-refractivity contribution in [1.29, 1.82) is 0 Å². The highest BCUT2D eigenvalue weighted by Crippen LogP contribution is 2.29. The number of hydrogen-bond acceptors (Lipinski definition) is 6. The van der Waals surface area contributed by atoms with E-state index in [1.54, 1.807) is 32.4 Å². The predicted molar refractivity (Wildman–Crippen MR) is 89.3 cm³/mol. The molecule has 1 N–H and O–H groups in total. The number of anilines is 1. The second kappa shape index (κ2) is 7.87. The third-order valence-corrected chi connectivity index (χ3v) is 4.27. The number of nitrogens with zero attached hydrogens (tertiary/aromatic N) is 3. The van der Waals surface area contributed by atoms with Gasteiger partial charge in [0.05, 0.1) is 25.7 Å². The van der Waals surface area contributed by atoms with Crippen LogP contribution in [0.2, 0.25) is 0 Å². The first kappa shape index (κ1) is 17.1. The molecule has 7 nitrogen and oxygen atoms in total. The van der Waals surface area contributed by atoms with E-state index in [-0.39, 0.29) is 11.7 Å². The summed E-state index contributed by atoms with van der Waals surface area (Å²) in [6.07, 6.45) is 0.803. The fourth-order valence-corrected chi connectivity index (χ4v) is 2.74. The number of rotatable bonds is 7. The van der Waals surface area contributed by atoms with Crippen LogP contribution in [-0.2, 0) is 18.3 Å². The van der Waals surface area contributed by atoms with Crippen LogP contribution in [0.4, 0.5) is 5.69 Å². The van der Waals surface area contributed by atoms with Crippen molar-refractivity contribution in [2.24, 2.45) is 7.05 Å². The van der Waals surface area contributed by atoms with Gasteiger partial charge in [0.2, 0.25) is 5.91 Å². The lowest BCUT2D eigenvalue weighted by atomic mass is 10.2. The van der Waals surface area contributed by atoms with Gasteiger partial charge in [-0.2, -0.15) is 0 Å². The molecule has 0 unspecified atom stereocenters. The van der Waals surface area contributed by atoms with Gasteiger partial charge in [0.15, 0.2) is 5.16 Å². The van der Waals surface area contributed by atoms with Gasteiger partial charge in [-0.1, -0.05) is 18.7 Å². The van der Waals surface area contributed by atoms with Gasteiger partial charge in [0.25, 0.3) is 0 Å². The molecule has 8 heteroatoms. The Morgan fingerprint density at radius 1 is 1.30 bits per heavy atom. The first-order valence-electron chi connectivity index (χ1n) is 7.12. The average molecular weight is 336 g/mol. The first-order valence-corrected chi connectivity index (χ1v) is 8.10. The Balaban J connectivity index is 2.00. The monoisotopic (exact) mass is 336 g/mol. The Labute approximate surface area is 139 Å². The molecule has 1 amide bonds. The number of aryl methyl sites for hydroxylation is 1. The zero-order valence-corrected chi connectivity index (χ0v) is 14.4. The minimum Gasteiger partial charge on any atom is -0.497 e. The zero-order valence-electron chi connectivity index (χ0n) is 13.6. The predicted octanol–water partition coefficient (Wildman–Crippen LogP) is 2.13. The lowest BCUT2D eigenvalue weighted by Crippen LogP contribution is -2.15. The summed E-state index contributed by atoms with van der Waals surface area (Å²) in [5.41, 5.74) is 0.574. The lowest BCUT2D eigenvalue weighted by Gasteiger charge is -2.11. The fraction of sp³-hybridized carbons (Fsp3) is 0.400. The maximum absolute atomic E-state index is 12.2. The normalized spacial score (nSPS) is 10.4. The van der Waals surface area contributed by atoms with E-state index in [1.165, 1.54) is 11.8 Å². The van der Waals surface area contributed by atoms with Crippen LogP contribution in [0.5, 0.6) is 11.5 Å². The van der Waals surface area contributed by atoms with Gasteiger partial charge in [-0.05, 0) is 12.1 Å².